The van der Waals surface area contributed by atoms with Gasteiger partial charge < -0.3 is 18.5 Å². The van der Waals surface area contributed by atoms with Gasteiger partial charge in [-0.2, -0.15) is 0 Å². The molecule has 3 aromatic rings. The molecule has 0 saturated carbocycles. The topological polar surface area (TPSA) is 85.8 Å². The number of hydrogen-bond acceptors (Lipinski definition) is 6. The van der Waals surface area contributed by atoms with Crippen molar-refractivity contribution < 1.29 is 18.4 Å². The molecule has 5 rings (SSSR count). The molecule has 2 saturated heterocycles. The van der Waals surface area contributed by atoms with Crippen LogP contribution >= 0.6 is 0 Å². The van der Waals surface area contributed by atoms with Crippen LogP contribution in [-0.2, 0) is 4.74 Å². The second-order valence-corrected chi connectivity index (χ2v) is 8.49. The molecule has 0 bridgehead atoms. The van der Waals surface area contributed by atoms with Crippen molar-refractivity contribution in [1.82, 2.24) is 9.88 Å². The quantitative estimate of drug-likeness (QED) is 0.634. The van der Waals surface area contributed by atoms with E-state index in [-0.39, 0.29) is 23.3 Å². The number of ether oxygens (including phenoxy) is 1. The van der Waals surface area contributed by atoms with E-state index >= 15 is 0 Å². The lowest BCUT2D eigenvalue weighted by atomic mass is 9.95. The SMILES string of the molecule is Cc1cc(C2CCOCC2)oc(=O)c1C(=O)N1CCCC(c2nc3ccccc3o2)C1. The molecule has 0 spiro atoms. The molecule has 1 unspecified atom stereocenters. The van der Waals surface area contributed by atoms with Crippen LogP contribution in [0, 0.1) is 6.92 Å². The first-order chi connectivity index (χ1) is 15.1. The summed E-state index contributed by atoms with van der Waals surface area (Å²) >= 11 is 0. The molecule has 0 N–H and O–H groups in total. The van der Waals surface area contributed by atoms with Gasteiger partial charge in [0.05, 0.1) is 5.92 Å². The second kappa shape index (κ2) is 8.30. The van der Waals surface area contributed by atoms with Crippen LogP contribution in [0.25, 0.3) is 11.1 Å². The number of carbonyl (C=O) groups excluding carboxylic acids is 1. The molecule has 2 aromatic heterocycles. The maximum Gasteiger partial charge on any atom is 0.349 e. The van der Waals surface area contributed by atoms with Crippen molar-refractivity contribution in [1.29, 1.82) is 0 Å². The van der Waals surface area contributed by atoms with Crippen LogP contribution in [0.3, 0.4) is 0 Å². The molecule has 31 heavy (non-hydrogen) atoms. The maximum atomic E-state index is 13.3. The summed E-state index contributed by atoms with van der Waals surface area (Å²) in [5.74, 6) is 1.22. The van der Waals surface area contributed by atoms with Crippen LogP contribution in [-0.4, -0.2) is 42.1 Å². The summed E-state index contributed by atoms with van der Waals surface area (Å²) in [7, 11) is 0. The number of hydrogen-bond donors (Lipinski definition) is 0. The number of oxazole rings is 1. The van der Waals surface area contributed by atoms with E-state index in [1.807, 2.05) is 37.3 Å². The minimum Gasteiger partial charge on any atom is -0.440 e. The van der Waals surface area contributed by atoms with E-state index in [1.165, 1.54) is 0 Å². The molecule has 1 aromatic carbocycles. The molecular formula is C24H26N2O5. The molecule has 2 aliphatic heterocycles. The van der Waals surface area contributed by atoms with Crippen LogP contribution in [0.2, 0.25) is 0 Å². The summed E-state index contributed by atoms with van der Waals surface area (Å²) in [6, 6.07) is 9.51. The largest absolute Gasteiger partial charge is 0.440 e. The third kappa shape index (κ3) is 3.90. The van der Waals surface area contributed by atoms with Crippen LogP contribution in [0.5, 0.6) is 0 Å². The van der Waals surface area contributed by atoms with Gasteiger partial charge in [0.1, 0.15) is 16.8 Å². The van der Waals surface area contributed by atoms with E-state index in [9.17, 15) is 9.59 Å². The third-order valence-electron chi connectivity index (χ3n) is 6.37. The number of piperidine rings is 1. The van der Waals surface area contributed by atoms with Gasteiger partial charge in [-0.25, -0.2) is 9.78 Å². The Kier molecular flexibility index (Phi) is 5.36. The fourth-order valence-corrected chi connectivity index (χ4v) is 4.66. The fraction of sp³-hybridized carbons (Fsp3) is 0.458. The van der Waals surface area contributed by atoms with Gasteiger partial charge >= 0.3 is 5.63 Å². The Bertz CT molecular complexity index is 1130. The van der Waals surface area contributed by atoms with Crippen LogP contribution in [0.1, 0.15) is 65.1 Å². The Balaban J connectivity index is 1.37. The van der Waals surface area contributed by atoms with Crippen molar-refractivity contribution in [2.75, 3.05) is 26.3 Å². The normalized spacial score (nSPS) is 20.3. The first-order valence-corrected chi connectivity index (χ1v) is 11.0. The summed E-state index contributed by atoms with van der Waals surface area (Å²) in [5, 5.41) is 0. The number of carbonyl (C=O) groups is 1. The minimum absolute atomic E-state index is 0.0129. The number of aromatic nitrogens is 1. The van der Waals surface area contributed by atoms with E-state index in [4.69, 9.17) is 13.6 Å². The Morgan fingerprint density at radius 1 is 1.10 bits per heavy atom. The van der Waals surface area contributed by atoms with Gasteiger partial charge in [0.15, 0.2) is 11.5 Å². The molecule has 162 valence electrons. The predicted molar refractivity (Wildman–Crippen MR) is 114 cm³/mol. The van der Waals surface area contributed by atoms with Crippen molar-refractivity contribution in [2.24, 2.45) is 0 Å². The Hall–Kier alpha value is -2.93. The first-order valence-electron chi connectivity index (χ1n) is 11.0. The highest BCUT2D eigenvalue weighted by Crippen LogP contribution is 2.31. The van der Waals surface area contributed by atoms with Gasteiger partial charge in [-0.3, -0.25) is 4.79 Å². The lowest BCUT2D eigenvalue weighted by molar-refractivity contribution is 0.0688. The summed E-state index contributed by atoms with van der Waals surface area (Å²) in [6.07, 6.45) is 3.38. The standard InChI is InChI=1S/C24H26N2O5/c1-15-13-20(16-8-11-29-12-9-16)31-24(28)21(15)23(27)26-10-4-5-17(14-26)22-25-18-6-2-3-7-19(18)30-22/h2-3,6-7,13,16-17H,4-5,8-12,14H2,1H3. The van der Waals surface area contributed by atoms with E-state index in [2.05, 4.69) is 4.98 Å². The van der Waals surface area contributed by atoms with Crippen molar-refractivity contribution in [3.05, 3.63) is 63.5 Å². The number of aryl methyl sites for hydroxylation is 1. The van der Waals surface area contributed by atoms with Crippen LogP contribution in [0.15, 0.2) is 44.0 Å². The van der Waals surface area contributed by atoms with Gasteiger partial charge in [-0.05, 0) is 56.4 Å². The van der Waals surface area contributed by atoms with Gasteiger partial charge in [0.2, 0.25) is 0 Å². The number of nitrogens with zero attached hydrogens (tertiary/aromatic N) is 2. The van der Waals surface area contributed by atoms with E-state index in [0.717, 1.165) is 36.8 Å². The lowest BCUT2D eigenvalue weighted by Crippen LogP contribution is -2.41. The average Bonchev–Trinajstić information content (AvgIpc) is 3.24. The molecule has 1 amide bonds. The maximum absolute atomic E-state index is 13.3. The number of para-hydroxylation sites is 2. The summed E-state index contributed by atoms with van der Waals surface area (Å²) in [6.45, 7) is 4.23. The highest BCUT2D eigenvalue weighted by molar-refractivity contribution is 5.95. The smallest absolute Gasteiger partial charge is 0.349 e. The fourth-order valence-electron chi connectivity index (χ4n) is 4.66. The number of likely N-dealkylation sites (tertiary alicyclic amines) is 1. The number of benzene rings is 1. The van der Waals surface area contributed by atoms with E-state index < -0.39 is 5.63 Å². The lowest BCUT2D eigenvalue weighted by Gasteiger charge is -2.31. The zero-order chi connectivity index (χ0) is 21.4. The Labute approximate surface area is 180 Å². The highest BCUT2D eigenvalue weighted by atomic mass is 16.5. The van der Waals surface area contributed by atoms with Crippen molar-refractivity contribution in [3.63, 3.8) is 0 Å². The number of amides is 1. The Morgan fingerprint density at radius 3 is 2.68 bits per heavy atom. The monoisotopic (exact) mass is 422 g/mol. The van der Waals surface area contributed by atoms with Gasteiger partial charge in [-0.15, -0.1) is 0 Å². The molecule has 4 heterocycles. The van der Waals surface area contributed by atoms with Crippen molar-refractivity contribution >= 4 is 17.0 Å². The number of fused-ring (bicyclic) bond motifs is 1. The van der Waals surface area contributed by atoms with Crippen molar-refractivity contribution in [2.45, 2.75) is 44.4 Å². The zero-order valence-electron chi connectivity index (χ0n) is 17.6. The molecular weight excluding hydrogens is 396 g/mol. The third-order valence-corrected chi connectivity index (χ3v) is 6.37. The van der Waals surface area contributed by atoms with Gasteiger partial charge in [0.25, 0.3) is 5.91 Å². The summed E-state index contributed by atoms with van der Waals surface area (Å²) in [5.41, 5.74) is 1.83. The minimum atomic E-state index is -0.546. The molecule has 1 atom stereocenters. The van der Waals surface area contributed by atoms with Gasteiger partial charge in [0, 0.05) is 32.2 Å². The van der Waals surface area contributed by atoms with Crippen molar-refractivity contribution in [3.8, 4) is 0 Å². The van der Waals surface area contributed by atoms with E-state index in [0.29, 0.717) is 43.5 Å². The average molecular weight is 422 g/mol. The molecule has 2 fully saturated rings. The van der Waals surface area contributed by atoms with Gasteiger partial charge in [-0.1, -0.05) is 12.1 Å². The molecule has 2 aliphatic rings. The molecule has 0 radical (unpaired) electrons. The first kappa shape index (κ1) is 20.0. The predicted octanol–water partition coefficient (Wildman–Crippen LogP) is 4.00. The Morgan fingerprint density at radius 2 is 1.90 bits per heavy atom. The summed E-state index contributed by atoms with van der Waals surface area (Å²) in [4.78, 5) is 32.4. The summed E-state index contributed by atoms with van der Waals surface area (Å²) < 4.78 is 16.9. The molecule has 7 nitrogen and oxygen atoms in total. The highest BCUT2D eigenvalue weighted by Gasteiger charge is 2.31. The zero-order valence-corrected chi connectivity index (χ0v) is 17.6. The number of rotatable bonds is 3. The van der Waals surface area contributed by atoms with E-state index in [1.54, 1.807) is 4.90 Å². The van der Waals surface area contributed by atoms with Crippen LogP contribution < -0.4 is 5.63 Å². The molecule has 7 heteroatoms. The van der Waals surface area contributed by atoms with Crippen LogP contribution in [0.4, 0.5) is 0 Å². The molecule has 0 aliphatic carbocycles. The second-order valence-electron chi connectivity index (χ2n) is 8.49.